The molecule has 1 N–H and O–H groups in total. The zero-order valence-corrected chi connectivity index (χ0v) is 19.8. The van der Waals surface area contributed by atoms with Crippen LogP contribution in [0.2, 0.25) is 0 Å². The fraction of sp³-hybridized carbons (Fsp3) is 0.240. The summed E-state index contributed by atoms with van der Waals surface area (Å²) in [6.45, 7) is 0.288. The lowest BCUT2D eigenvalue weighted by atomic mass is 10.0. The number of rotatable bonds is 6. The summed E-state index contributed by atoms with van der Waals surface area (Å²) in [5.74, 6) is 2.96. The van der Waals surface area contributed by atoms with Gasteiger partial charge >= 0.3 is 0 Å². The summed E-state index contributed by atoms with van der Waals surface area (Å²) in [4.78, 5) is 20.3. The molecule has 0 fully saturated rings. The molecule has 2 unspecified atom stereocenters. The van der Waals surface area contributed by atoms with E-state index in [0.717, 1.165) is 40.6 Å². The number of amidine groups is 1. The average molecular weight is 488 g/mol. The molecule has 0 saturated heterocycles. The summed E-state index contributed by atoms with van der Waals surface area (Å²) in [7, 11) is 0. The largest absolute Gasteiger partial charge is 0.454 e. The smallest absolute Gasteiger partial charge is 0.231 e. The zero-order chi connectivity index (χ0) is 22.9. The van der Waals surface area contributed by atoms with Crippen molar-refractivity contribution in [2.24, 2.45) is 9.98 Å². The minimum atomic E-state index is 0.0719. The topological polar surface area (TPSA) is 81.0 Å². The molecular formula is C25H21N5O2S2. The summed E-state index contributed by atoms with van der Waals surface area (Å²) in [5.41, 5.74) is 3.42. The van der Waals surface area contributed by atoms with Crippen molar-refractivity contribution in [3.8, 4) is 11.5 Å². The van der Waals surface area contributed by atoms with Gasteiger partial charge in [0, 0.05) is 23.7 Å². The molecule has 7 nitrogen and oxygen atoms in total. The molecule has 0 amide bonds. The van der Waals surface area contributed by atoms with E-state index in [1.54, 1.807) is 18.1 Å². The van der Waals surface area contributed by atoms with Gasteiger partial charge in [0.2, 0.25) is 12.7 Å². The van der Waals surface area contributed by atoms with Crippen molar-refractivity contribution in [3.63, 3.8) is 0 Å². The fourth-order valence-electron chi connectivity index (χ4n) is 4.23. The molecule has 2 atom stereocenters. The van der Waals surface area contributed by atoms with Crippen LogP contribution in [0, 0.1) is 0 Å². The maximum absolute atomic E-state index is 5.62. The first-order valence-electron chi connectivity index (χ1n) is 11.1. The van der Waals surface area contributed by atoms with Gasteiger partial charge in [-0.1, -0.05) is 36.5 Å². The molecule has 3 aromatic rings. The molecule has 0 spiro atoms. The third-order valence-corrected chi connectivity index (χ3v) is 7.66. The van der Waals surface area contributed by atoms with Crippen LogP contribution in [0.1, 0.15) is 29.2 Å². The van der Waals surface area contributed by atoms with E-state index in [9.17, 15) is 0 Å². The predicted octanol–water partition coefficient (Wildman–Crippen LogP) is 4.82. The molecule has 34 heavy (non-hydrogen) atoms. The molecule has 6 rings (SSSR count). The first-order valence-corrected chi connectivity index (χ1v) is 12.3. The Hall–Kier alpha value is -3.30. The van der Waals surface area contributed by atoms with Crippen molar-refractivity contribution in [2.75, 3.05) is 12.1 Å². The van der Waals surface area contributed by atoms with Gasteiger partial charge in [-0.2, -0.15) is 0 Å². The van der Waals surface area contributed by atoms with Crippen LogP contribution in [0.3, 0.4) is 0 Å². The van der Waals surface area contributed by atoms with Gasteiger partial charge < -0.3 is 14.8 Å². The summed E-state index contributed by atoms with van der Waals surface area (Å²) >= 11 is 7.39. The third-order valence-electron chi connectivity index (χ3n) is 5.95. The second-order valence-electron chi connectivity index (χ2n) is 8.24. The Morgan fingerprint density at radius 1 is 1.06 bits per heavy atom. The molecule has 2 aromatic carbocycles. The lowest BCUT2D eigenvalue weighted by Gasteiger charge is -2.21. The molecule has 0 radical (unpaired) electrons. The number of nitrogens with zero attached hydrogens (tertiary/aromatic N) is 4. The number of nitrogens with one attached hydrogen (secondary N) is 1. The SMILES string of the molecule is S=C(CCc1ccc2c(c1)OCO2)Cc1cnc(NC2=NC=NC3c4ccccc4SC23)nc1. The van der Waals surface area contributed by atoms with Gasteiger partial charge in [0.25, 0.3) is 0 Å². The van der Waals surface area contributed by atoms with Crippen LogP contribution < -0.4 is 14.8 Å². The summed E-state index contributed by atoms with van der Waals surface area (Å²) < 4.78 is 10.8. The van der Waals surface area contributed by atoms with Crippen LogP contribution in [0.4, 0.5) is 5.95 Å². The number of aryl methyl sites for hydroxylation is 1. The van der Waals surface area contributed by atoms with E-state index < -0.39 is 0 Å². The molecule has 4 heterocycles. The van der Waals surface area contributed by atoms with E-state index in [4.69, 9.17) is 21.7 Å². The van der Waals surface area contributed by atoms with Gasteiger partial charge in [-0.05, 0) is 52.6 Å². The number of benzene rings is 2. The van der Waals surface area contributed by atoms with E-state index in [0.29, 0.717) is 12.4 Å². The van der Waals surface area contributed by atoms with Gasteiger partial charge in [-0.25, -0.2) is 15.0 Å². The number of aromatic nitrogens is 2. The molecular weight excluding hydrogens is 466 g/mol. The molecule has 0 aliphatic carbocycles. The minimum absolute atomic E-state index is 0.0719. The molecule has 3 aliphatic heterocycles. The number of aliphatic imine (C=N–C) groups is 2. The van der Waals surface area contributed by atoms with Crippen molar-refractivity contribution < 1.29 is 9.47 Å². The summed E-state index contributed by atoms with van der Waals surface area (Å²) in [6, 6.07) is 14.5. The van der Waals surface area contributed by atoms with Gasteiger partial charge in [0.05, 0.1) is 11.3 Å². The highest BCUT2D eigenvalue weighted by molar-refractivity contribution is 8.01. The van der Waals surface area contributed by atoms with Crippen LogP contribution >= 0.6 is 24.0 Å². The number of hydrogen-bond donors (Lipinski definition) is 1. The first kappa shape index (κ1) is 21.2. The van der Waals surface area contributed by atoms with Crippen molar-refractivity contribution in [1.82, 2.24) is 9.97 Å². The fourth-order valence-corrected chi connectivity index (χ4v) is 5.83. The summed E-state index contributed by atoms with van der Waals surface area (Å²) in [5, 5.41) is 3.40. The van der Waals surface area contributed by atoms with Crippen LogP contribution in [0.5, 0.6) is 11.5 Å². The van der Waals surface area contributed by atoms with E-state index >= 15 is 0 Å². The summed E-state index contributed by atoms with van der Waals surface area (Å²) in [6.07, 6.45) is 7.62. The molecule has 0 bridgehead atoms. The van der Waals surface area contributed by atoms with E-state index in [-0.39, 0.29) is 18.1 Å². The monoisotopic (exact) mass is 487 g/mol. The van der Waals surface area contributed by atoms with Crippen molar-refractivity contribution in [1.29, 1.82) is 0 Å². The van der Waals surface area contributed by atoms with E-state index in [1.165, 1.54) is 16.0 Å². The van der Waals surface area contributed by atoms with Crippen molar-refractivity contribution in [2.45, 2.75) is 35.4 Å². The highest BCUT2D eigenvalue weighted by Gasteiger charge is 2.38. The predicted molar refractivity (Wildman–Crippen MR) is 138 cm³/mol. The Morgan fingerprint density at radius 3 is 2.82 bits per heavy atom. The Bertz CT molecular complexity index is 1310. The Kier molecular flexibility index (Phi) is 5.72. The quantitative estimate of drug-likeness (QED) is 0.499. The minimum Gasteiger partial charge on any atom is -0.454 e. The van der Waals surface area contributed by atoms with Crippen LogP contribution in [-0.2, 0) is 12.8 Å². The molecule has 170 valence electrons. The molecule has 0 saturated carbocycles. The number of ether oxygens (including phenoxy) is 2. The number of anilines is 1. The lowest BCUT2D eigenvalue weighted by Crippen LogP contribution is -2.31. The maximum Gasteiger partial charge on any atom is 0.231 e. The Labute approximate surface area is 206 Å². The maximum atomic E-state index is 5.62. The number of fused-ring (bicyclic) bond motifs is 4. The Balaban J connectivity index is 1.04. The molecule has 3 aliphatic rings. The number of thiocarbonyl (C=S) groups is 1. The second kappa shape index (κ2) is 9.15. The number of thioether (sulfide) groups is 1. The normalized spacial score (nSPS) is 19.4. The van der Waals surface area contributed by atoms with Crippen molar-refractivity contribution >= 4 is 47.0 Å². The Morgan fingerprint density at radius 2 is 1.91 bits per heavy atom. The highest BCUT2D eigenvalue weighted by Crippen LogP contribution is 2.47. The average Bonchev–Trinajstić information content (AvgIpc) is 3.49. The second-order valence-corrected chi connectivity index (χ2v) is 10.0. The zero-order valence-electron chi connectivity index (χ0n) is 18.2. The van der Waals surface area contributed by atoms with Gasteiger partial charge in [0.1, 0.15) is 12.2 Å². The third kappa shape index (κ3) is 4.28. The van der Waals surface area contributed by atoms with Gasteiger partial charge in [-0.3, -0.25) is 4.99 Å². The van der Waals surface area contributed by atoms with E-state index in [1.807, 2.05) is 24.5 Å². The highest BCUT2D eigenvalue weighted by atomic mass is 32.2. The first-order chi connectivity index (χ1) is 16.7. The van der Waals surface area contributed by atoms with Gasteiger partial charge in [0.15, 0.2) is 11.5 Å². The van der Waals surface area contributed by atoms with E-state index in [2.05, 4.69) is 55.6 Å². The van der Waals surface area contributed by atoms with Crippen molar-refractivity contribution in [3.05, 3.63) is 71.5 Å². The molecule has 9 heteroatoms. The number of hydrogen-bond acceptors (Lipinski definition) is 9. The molecule has 1 aromatic heterocycles. The van der Waals surface area contributed by atoms with Gasteiger partial charge in [-0.15, -0.1) is 11.8 Å². The van der Waals surface area contributed by atoms with Crippen LogP contribution in [-0.4, -0.2) is 39.0 Å². The van der Waals surface area contributed by atoms with Crippen LogP contribution in [0.25, 0.3) is 0 Å². The standard InChI is InChI=1S/C25H21N5O2S2/c33-17(7-5-15-6-8-19-20(10-15)32-14-31-19)9-16-11-26-25(27-12-16)30-24-23-22(28-13-29-24)18-3-1-2-4-21(18)34-23/h1-4,6,8,10-13,22-23H,5,7,9,14H2,(H,26,27,28,29,30). The lowest BCUT2D eigenvalue weighted by molar-refractivity contribution is 0.174. The van der Waals surface area contributed by atoms with Crippen LogP contribution in [0.15, 0.2) is 69.7 Å².